The van der Waals surface area contributed by atoms with Gasteiger partial charge in [0, 0.05) is 6.04 Å². The summed E-state index contributed by atoms with van der Waals surface area (Å²) in [4.78, 5) is 0. The summed E-state index contributed by atoms with van der Waals surface area (Å²) in [5.74, 6) is 0.660. The van der Waals surface area contributed by atoms with E-state index in [-0.39, 0.29) is 12.1 Å². The summed E-state index contributed by atoms with van der Waals surface area (Å²) in [5, 5.41) is 8.93. The van der Waals surface area contributed by atoms with Gasteiger partial charge in [0.15, 0.2) is 0 Å². The van der Waals surface area contributed by atoms with Crippen molar-refractivity contribution >= 4 is 0 Å². The average Bonchev–Trinajstić information content (AvgIpc) is 2.44. The molecule has 0 bridgehead atoms. The SMILES string of the molecule is Cc1cccc(C(Oc2cccc(C#N)c2)C(C)N)c1. The van der Waals surface area contributed by atoms with E-state index in [9.17, 15) is 0 Å². The van der Waals surface area contributed by atoms with Crippen molar-refractivity contribution in [3.63, 3.8) is 0 Å². The summed E-state index contributed by atoms with van der Waals surface area (Å²) in [6.45, 7) is 3.96. The van der Waals surface area contributed by atoms with Crippen LogP contribution in [0.4, 0.5) is 0 Å². The van der Waals surface area contributed by atoms with Crippen molar-refractivity contribution in [3.8, 4) is 11.8 Å². The molecule has 0 aliphatic rings. The minimum Gasteiger partial charge on any atom is -0.484 e. The van der Waals surface area contributed by atoms with E-state index in [0.29, 0.717) is 11.3 Å². The zero-order chi connectivity index (χ0) is 14.5. The maximum Gasteiger partial charge on any atom is 0.138 e. The van der Waals surface area contributed by atoms with Crippen LogP contribution in [-0.2, 0) is 0 Å². The van der Waals surface area contributed by atoms with Crippen LogP contribution in [-0.4, -0.2) is 6.04 Å². The smallest absolute Gasteiger partial charge is 0.138 e. The van der Waals surface area contributed by atoms with Crippen molar-refractivity contribution in [2.75, 3.05) is 0 Å². The van der Waals surface area contributed by atoms with Gasteiger partial charge in [0.25, 0.3) is 0 Å². The second-order valence-corrected chi connectivity index (χ2v) is 4.95. The highest BCUT2D eigenvalue weighted by Gasteiger charge is 2.18. The molecule has 2 atom stereocenters. The molecular formula is C17H18N2O. The monoisotopic (exact) mass is 266 g/mol. The molecule has 0 fully saturated rings. The lowest BCUT2D eigenvalue weighted by atomic mass is 10.0. The minimum absolute atomic E-state index is 0.150. The van der Waals surface area contributed by atoms with E-state index in [0.717, 1.165) is 5.56 Å². The van der Waals surface area contributed by atoms with Crippen LogP contribution in [0, 0.1) is 18.3 Å². The molecule has 0 saturated heterocycles. The molecule has 0 aliphatic carbocycles. The lowest BCUT2D eigenvalue weighted by Gasteiger charge is -2.23. The van der Waals surface area contributed by atoms with Gasteiger partial charge < -0.3 is 10.5 Å². The summed E-state index contributed by atoms with van der Waals surface area (Å²) in [6.07, 6.45) is -0.233. The van der Waals surface area contributed by atoms with E-state index in [1.54, 1.807) is 12.1 Å². The Morgan fingerprint density at radius 3 is 2.55 bits per heavy atom. The number of ether oxygens (including phenoxy) is 1. The number of hydrogen-bond donors (Lipinski definition) is 1. The number of nitrogens with zero attached hydrogens (tertiary/aromatic N) is 1. The molecule has 0 aliphatic heterocycles. The van der Waals surface area contributed by atoms with Gasteiger partial charge in [-0.2, -0.15) is 5.26 Å². The minimum atomic E-state index is -0.233. The van der Waals surface area contributed by atoms with Crippen molar-refractivity contribution < 1.29 is 4.74 Å². The van der Waals surface area contributed by atoms with Gasteiger partial charge in [0.1, 0.15) is 11.9 Å². The highest BCUT2D eigenvalue weighted by molar-refractivity contribution is 5.37. The first-order valence-electron chi connectivity index (χ1n) is 6.59. The Bertz CT molecular complexity index is 629. The van der Waals surface area contributed by atoms with E-state index in [1.165, 1.54) is 5.56 Å². The molecule has 3 heteroatoms. The van der Waals surface area contributed by atoms with Gasteiger partial charge in [-0.25, -0.2) is 0 Å². The van der Waals surface area contributed by atoms with Crippen LogP contribution in [0.2, 0.25) is 0 Å². The normalized spacial score (nSPS) is 13.3. The topological polar surface area (TPSA) is 59.0 Å². The molecular weight excluding hydrogens is 248 g/mol. The second kappa shape index (κ2) is 6.23. The summed E-state index contributed by atoms with van der Waals surface area (Å²) in [5.41, 5.74) is 8.84. The van der Waals surface area contributed by atoms with E-state index in [2.05, 4.69) is 12.1 Å². The van der Waals surface area contributed by atoms with Crippen molar-refractivity contribution in [1.29, 1.82) is 5.26 Å². The van der Waals surface area contributed by atoms with Crippen LogP contribution in [0.1, 0.15) is 29.7 Å². The zero-order valence-electron chi connectivity index (χ0n) is 11.7. The first kappa shape index (κ1) is 14.1. The molecule has 0 radical (unpaired) electrons. The Morgan fingerprint density at radius 2 is 1.90 bits per heavy atom. The van der Waals surface area contributed by atoms with Crippen molar-refractivity contribution in [2.45, 2.75) is 26.0 Å². The predicted octanol–water partition coefficient (Wildman–Crippen LogP) is 3.33. The van der Waals surface area contributed by atoms with Crippen LogP contribution < -0.4 is 10.5 Å². The Balaban J connectivity index is 2.28. The van der Waals surface area contributed by atoms with Crippen molar-refractivity contribution in [1.82, 2.24) is 0 Å². The van der Waals surface area contributed by atoms with Gasteiger partial charge in [-0.15, -0.1) is 0 Å². The Hall–Kier alpha value is -2.31. The molecule has 2 aromatic rings. The molecule has 20 heavy (non-hydrogen) atoms. The third kappa shape index (κ3) is 3.37. The second-order valence-electron chi connectivity index (χ2n) is 4.95. The quantitative estimate of drug-likeness (QED) is 0.923. The highest BCUT2D eigenvalue weighted by atomic mass is 16.5. The van der Waals surface area contributed by atoms with Gasteiger partial charge in [-0.1, -0.05) is 35.9 Å². The number of aryl methyl sites for hydroxylation is 1. The Labute approximate surface area is 119 Å². The third-order valence-corrected chi connectivity index (χ3v) is 3.07. The molecule has 0 spiro atoms. The Morgan fingerprint density at radius 1 is 1.15 bits per heavy atom. The largest absolute Gasteiger partial charge is 0.484 e. The Kier molecular flexibility index (Phi) is 4.39. The number of benzene rings is 2. The van der Waals surface area contributed by atoms with E-state index < -0.39 is 0 Å². The van der Waals surface area contributed by atoms with Crippen LogP contribution in [0.3, 0.4) is 0 Å². The summed E-state index contributed by atoms with van der Waals surface area (Å²) in [7, 11) is 0. The number of rotatable bonds is 4. The highest BCUT2D eigenvalue weighted by Crippen LogP contribution is 2.25. The summed E-state index contributed by atoms with van der Waals surface area (Å²) >= 11 is 0. The lowest BCUT2D eigenvalue weighted by Crippen LogP contribution is -2.29. The van der Waals surface area contributed by atoms with Gasteiger partial charge in [0.2, 0.25) is 0 Å². The van der Waals surface area contributed by atoms with E-state index in [4.69, 9.17) is 15.7 Å². The van der Waals surface area contributed by atoms with E-state index in [1.807, 2.05) is 44.2 Å². The van der Waals surface area contributed by atoms with Crippen molar-refractivity contribution in [2.24, 2.45) is 5.73 Å². The molecule has 3 nitrogen and oxygen atoms in total. The molecule has 0 aromatic heterocycles. The molecule has 0 amide bonds. The maximum absolute atomic E-state index is 8.93. The van der Waals surface area contributed by atoms with Gasteiger partial charge in [0.05, 0.1) is 11.6 Å². The maximum atomic E-state index is 8.93. The molecule has 0 saturated carbocycles. The number of nitriles is 1. The predicted molar refractivity (Wildman–Crippen MR) is 79.4 cm³/mol. The van der Waals surface area contributed by atoms with Crippen LogP contribution >= 0.6 is 0 Å². The van der Waals surface area contributed by atoms with Crippen molar-refractivity contribution in [3.05, 3.63) is 65.2 Å². The fourth-order valence-corrected chi connectivity index (χ4v) is 2.11. The van der Waals surface area contributed by atoms with Crippen LogP contribution in [0.15, 0.2) is 48.5 Å². The molecule has 102 valence electrons. The molecule has 2 aromatic carbocycles. The van der Waals surface area contributed by atoms with Crippen LogP contribution in [0.25, 0.3) is 0 Å². The zero-order valence-corrected chi connectivity index (χ0v) is 11.7. The molecule has 2 unspecified atom stereocenters. The van der Waals surface area contributed by atoms with Gasteiger partial charge >= 0.3 is 0 Å². The molecule has 0 heterocycles. The van der Waals surface area contributed by atoms with Gasteiger partial charge in [-0.3, -0.25) is 0 Å². The summed E-state index contributed by atoms with van der Waals surface area (Å²) in [6, 6.07) is 17.2. The van der Waals surface area contributed by atoms with E-state index >= 15 is 0 Å². The first-order chi connectivity index (χ1) is 9.60. The van der Waals surface area contributed by atoms with Crippen LogP contribution in [0.5, 0.6) is 5.75 Å². The fraction of sp³-hybridized carbons (Fsp3) is 0.235. The average molecular weight is 266 g/mol. The summed E-state index contributed by atoms with van der Waals surface area (Å²) < 4.78 is 5.98. The number of nitrogens with two attached hydrogens (primary N) is 1. The fourth-order valence-electron chi connectivity index (χ4n) is 2.11. The molecule has 2 N–H and O–H groups in total. The first-order valence-corrected chi connectivity index (χ1v) is 6.59. The van der Waals surface area contributed by atoms with Gasteiger partial charge in [-0.05, 0) is 37.6 Å². The standard InChI is InChI=1S/C17H18N2O/c1-12-5-3-7-15(9-12)17(13(2)19)20-16-8-4-6-14(10-16)11-18/h3-10,13,17H,19H2,1-2H3. The lowest BCUT2D eigenvalue weighted by molar-refractivity contribution is 0.180. The molecule has 2 rings (SSSR count). The number of hydrogen-bond acceptors (Lipinski definition) is 3. The third-order valence-electron chi connectivity index (χ3n) is 3.07.